The summed E-state index contributed by atoms with van der Waals surface area (Å²) in [5.41, 5.74) is 1.45. The van der Waals surface area contributed by atoms with E-state index in [9.17, 15) is 9.59 Å². The van der Waals surface area contributed by atoms with Crippen molar-refractivity contribution in [3.05, 3.63) is 41.2 Å². The van der Waals surface area contributed by atoms with E-state index >= 15 is 0 Å². The standard InChI is InChI=1S/C16H17N5O2S/c22-15-13-9-21(16(23)14-10-24-19-18-14)8-12(13)3-6-20(15)7-11-1-4-17-5-2-11/h1-2,4-5,10,12-13H,3,6-9H2/t12-,13+/m1/s1. The van der Waals surface area contributed by atoms with Crippen molar-refractivity contribution in [2.75, 3.05) is 19.6 Å². The van der Waals surface area contributed by atoms with Crippen molar-refractivity contribution in [1.29, 1.82) is 0 Å². The molecule has 2 aliphatic heterocycles. The number of carbonyl (C=O) groups is 2. The maximum absolute atomic E-state index is 12.8. The molecular weight excluding hydrogens is 326 g/mol. The lowest BCUT2D eigenvalue weighted by Gasteiger charge is -2.33. The van der Waals surface area contributed by atoms with Crippen LogP contribution in [-0.4, -0.2) is 55.8 Å². The molecule has 0 aromatic carbocycles. The second-order valence-corrected chi connectivity index (χ2v) is 6.88. The van der Waals surface area contributed by atoms with Crippen LogP contribution in [0.1, 0.15) is 22.5 Å². The Kier molecular flexibility index (Phi) is 3.97. The van der Waals surface area contributed by atoms with E-state index in [0.29, 0.717) is 25.3 Å². The largest absolute Gasteiger partial charge is 0.338 e. The number of fused-ring (bicyclic) bond motifs is 1. The van der Waals surface area contributed by atoms with Crippen molar-refractivity contribution in [2.45, 2.75) is 13.0 Å². The third kappa shape index (κ3) is 2.77. The van der Waals surface area contributed by atoms with Gasteiger partial charge in [0.25, 0.3) is 5.91 Å². The van der Waals surface area contributed by atoms with E-state index in [2.05, 4.69) is 14.6 Å². The highest BCUT2D eigenvalue weighted by Gasteiger charge is 2.44. The fraction of sp³-hybridized carbons (Fsp3) is 0.438. The topological polar surface area (TPSA) is 79.3 Å². The first kappa shape index (κ1) is 15.2. The number of carbonyl (C=O) groups excluding carboxylic acids is 2. The van der Waals surface area contributed by atoms with Gasteiger partial charge in [-0.05, 0) is 41.6 Å². The van der Waals surface area contributed by atoms with Gasteiger partial charge >= 0.3 is 0 Å². The Hall–Kier alpha value is -2.35. The number of rotatable bonds is 3. The minimum atomic E-state index is -0.119. The third-order valence-corrected chi connectivity index (χ3v) is 5.33. The van der Waals surface area contributed by atoms with Gasteiger partial charge in [-0.3, -0.25) is 14.6 Å². The van der Waals surface area contributed by atoms with Crippen LogP contribution in [0.5, 0.6) is 0 Å². The zero-order chi connectivity index (χ0) is 16.5. The predicted octanol–water partition coefficient (Wildman–Crippen LogP) is 1.05. The van der Waals surface area contributed by atoms with E-state index < -0.39 is 0 Å². The van der Waals surface area contributed by atoms with Gasteiger partial charge in [0.05, 0.1) is 5.92 Å². The average Bonchev–Trinajstić information content (AvgIpc) is 3.27. The maximum atomic E-state index is 12.8. The summed E-state index contributed by atoms with van der Waals surface area (Å²) in [7, 11) is 0. The number of likely N-dealkylation sites (tertiary alicyclic amines) is 2. The normalized spacial score (nSPS) is 23.4. The van der Waals surface area contributed by atoms with Gasteiger partial charge in [-0.25, -0.2) is 0 Å². The Morgan fingerprint density at radius 3 is 2.88 bits per heavy atom. The van der Waals surface area contributed by atoms with Gasteiger partial charge in [-0.15, -0.1) is 5.10 Å². The van der Waals surface area contributed by atoms with Gasteiger partial charge in [-0.1, -0.05) is 4.49 Å². The minimum Gasteiger partial charge on any atom is -0.338 e. The molecule has 0 N–H and O–H groups in total. The molecule has 2 saturated heterocycles. The van der Waals surface area contributed by atoms with Gasteiger partial charge < -0.3 is 9.80 Å². The van der Waals surface area contributed by atoms with Crippen LogP contribution in [0, 0.1) is 11.8 Å². The Bertz CT molecular complexity index is 736. The van der Waals surface area contributed by atoms with Crippen LogP contribution in [0.25, 0.3) is 0 Å². The van der Waals surface area contributed by atoms with Crippen LogP contribution in [0.3, 0.4) is 0 Å². The quantitative estimate of drug-likeness (QED) is 0.832. The summed E-state index contributed by atoms with van der Waals surface area (Å²) in [5, 5.41) is 5.50. The van der Waals surface area contributed by atoms with Crippen molar-refractivity contribution in [3.8, 4) is 0 Å². The van der Waals surface area contributed by atoms with Crippen LogP contribution < -0.4 is 0 Å². The third-order valence-electron chi connectivity index (χ3n) is 4.83. The summed E-state index contributed by atoms with van der Waals surface area (Å²) >= 11 is 1.17. The second kappa shape index (κ2) is 6.27. The number of hydrogen-bond donors (Lipinski definition) is 0. The summed E-state index contributed by atoms with van der Waals surface area (Å²) in [6.45, 7) is 2.46. The van der Waals surface area contributed by atoms with Crippen molar-refractivity contribution in [1.82, 2.24) is 24.4 Å². The van der Waals surface area contributed by atoms with E-state index in [1.807, 2.05) is 17.0 Å². The van der Waals surface area contributed by atoms with E-state index in [4.69, 9.17) is 0 Å². The van der Waals surface area contributed by atoms with E-state index in [1.54, 1.807) is 22.7 Å². The number of hydrogen-bond acceptors (Lipinski definition) is 6. The SMILES string of the molecule is O=C(c1csnn1)N1C[C@H]2CCN(Cc3ccncc3)C(=O)[C@H]2C1. The molecule has 124 valence electrons. The van der Waals surface area contributed by atoms with Crippen LogP contribution in [0.4, 0.5) is 0 Å². The minimum absolute atomic E-state index is 0.101. The van der Waals surface area contributed by atoms with Gasteiger partial charge in [0.15, 0.2) is 5.69 Å². The monoisotopic (exact) mass is 343 g/mol. The van der Waals surface area contributed by atoms with E-state index in [0.717, 1.165) is 18.5 Å². The molecule has 4 rings (SSSR count). The highest BCUT2D eigenvalue weighted by Crippen LogP contribution is 2.33. The van der Waals surface area contributed by atoms with Crippen molar-refractivity contribution < 1.29 is 9.59 Å². The van der Waals surface area contributed by atoms with Gasteiger partial charge in [0.1, 0.15) is 0 Å². The van der Waals surface area contributed by atoms with Gasteiger partial charge in [0, 0.05) is 44.0 Å². The maximum Gasteiger partial charge on any atom is 0.275 e. The fourth-order valence-corrected chi connectivity index (χ4v) is 3.99. The molecule has 0 aliphatic carbocycles. The van der Waals surface area contributed by atoms with Crippen molar-refractivity contribution in [2.24, 2.45) is 11.8 Å². The predicted molar refractivity (Wildman–Crippen MR) is 87.1 cm³/mol. The summed E-state index contributed by atoms with van der Waals surface area (Å²) < 4.78 is 3.74. The summed E-state index contributed by atoms with van der Waals surface area (Å²) in [6.07, 6.45) is 4.41. The molecule has 2 atom stereocenters. The molecule has 2 amide bonds. The molecule has 0 radical (unpaired) electrons. The highest BCUT2D eigenvalue weighted by molar-refractivity contribution is 7.03. The number of piperidine rings is 1. The molecule has 24 heavy (non-hydrogen) atoms. The van der Waals surface area contributed by atoms with Crippen LogP contribution in [0.2, 0.25) is 0 Å². The average molecular weight is 343 g/mol. The second-order valence-electron chi connectivity index (χ2n) is 6.27. The Morgan fingerprint density at radius 2 is 2.12 bits per heavy atom. The fourth-order valence-electron chi connectivity index (χ4n) is 3.56. The van der Waals surface area contributed by atoms with Crippen LogP contribution >= 0.6 is 11.5 Å². The first-order valence-electron chi connectivity index (χ1n) is 7.96. The zero-order valence-electron chi connectivity index (χ0n) is 13.0. The van der Waals surface area contributed by atoms with E-state index in [-0.39, 0.29) is 23.7 Å². The molecule has 2 aliphatic rings. The highest BCUT2D eigenvalue weighted by atomic mass is 32.1. The molecule has 4 heterocycles. The molecule has 0 unspecified atom stereocenters. The molecule has 0 bridgehead atoms. The summed E-state index contributed by atoms with van der Waals surface area (Å²) in [5.74, 6) is 0.180. The summed E-state index contributed by atoms with van der Waals surface area (Å²) in [6, 6.07) is 3.86. The Labute approximate surface area is 143 Å². The number of aromatic nitrogens is 3. The lowest BCUT2D eigenvalue weighted by atomic mass is 9.88. The van der Waals surface area contributed by atoms with E-state index in [1.165, 1.54) is 11.5 Å². The first-order valence-corrected chi connectivity index (χ1v) is 8.80. The molecule has 2 fully saturated rings. The van der Waals surface area contributed by atoms with Crippen LogP contribution in [-0.2, 0) is 11.3 Å². The van der Waals surface area contributed by atoms with Crippen molar-refractivity contribution in [3.63, 3.8) is 0 Å². The Balaban J connectivity index is 1.44. The van der Waals surface area contributed by atoms with Crippen molar-refractivity contribution >= 4 is 23.3 Å². The van der Waals surface area contributed by atoms with Crippen LogP contribution in [0.15, 0.2) is 29.9 Å². The smallest absolute Gasteiger partial charge is 0.275 e. The number of nitrogens with zero attached hydrogens (tertiary/aromatic N) is 5. The molecule has 2 aromatic heterocycles. The molecule has 2 aromatic rings. The first-order chi connectivity index (χ1) is 11.7. The lowest BCUT2D eigenvalue weighted by molar-refractivity contribution is -0.140. The zero-order valence-corrected chi connectivity index (χ0v) is 13.9. The number of pyridine rings is 1. The molecule has 8 heteroatoms. The number of amides is 2. The Morgan fingerprint density at radius 1 is 1.29 bits per heavy atom. The summed E-state index contributed by atoms with van der Waals surface area (Å²) in [4.78, 5) is 32.9. The lowest BCUT2D eigenvalue weighted by Crippen LogP contribution is -2.44. The molecule has 0 spiro atoms. The molecule has 0 saturated carbocycles. The van der Waals surface area contributed by atoms with Gasteiger partial charge in [-0.2, -0.15) is 0 Å². The molecule has 7 nitrogen and oxygen atoms in total. The molecular formula is C16H17N5O2S. The van der Waals surface area contributed by atoms with Gasteiger partial charge in [0.2, 0.25) is 5.91 Å².